The molecule has 3 heteroatoms. The lowest BCUT2D eigenvalue weighted by molar-refractivity contribution is 0.104. The van der Waals surface area contributed by atoms with E-state index in [2.05, 4.69) is 0 Å². The number of allylic oxidation sites excluding steroid dienone is 6. The van der Waals surface area contributed by atoms with Gasteiger partial charge in [0.15, 0.2) is 5.78 Å². The molecule has 0 unspecified atom stereocenters. The number of carbonyl (C=O) groups excluding carboxylic acids is 1. The zero-order valence-electron chi connectivity index (χ0n) is 11.0. The molecular weight excluding hydrogens is 240 g/mol. The molecule has 0 amide bonds. The lowest BCUT2D eigenvalue weighted by Crippen LogP contribution is -2.00. The van der Waals surface area contributed by atoms with E-state index >= 15 is 0 Å². The minimum atomic E-state index is -0.0757. The molecule has 0 N–H and O–H groups in total. The van der Waals surface area contributed by atoms with Gasteiger partial charge < -0.3 is 9.47 Å². The van der Waals surface area contributed by atoms with E-state index in [1.807, 2.05) is 30.4 Å². The van der Waals surface area contributed by atoms with Crippen molar-refractivity contribution in [3.05, 3.63) is 60.2 Å². The Morgan fingerprint density at radius 2 is 1.89 bits per heavy atom. The second-order valence-electron chi connectivity index (χ2n) is 4.14. The summed E-state index contributed by atoms with van der Waals surface area (Å²) in [5, 5.41) is 0. The summed E-state index contributed by atoms with van der Waals surface area (Å²) in [4.78, 5) is 12.1. The van der Waals surface area contributed by atoms with Crippen molar-refractivity contribution in [2.75, 3.05) is 14.2 Å². The molecule has 98 valence electrons. The molecule has 2 rings (SSSR count). The molecule has 0 heterocycles. The molecule has 0 radical (unpaired) electrons. The van der Waals surface area contributed by atoms with Crippen LogP contribution < -0.4 is 9.47 Å². The number of hydrogen-bond donors (Lipinski definition) is 0. The molecule has 19 heavy (non-hydrogen) atoms. The minimum Gasteiger partial charge on any atom is -0.497 e. The summed E-state index contributed by atoms with van der Waals surface area (Å²) in [6.45, 7) is 0. The number of rotatable bonds is 5. The largest absolute Gasteiger partial charge is 0.497 e. The van der Waals surface area contributed by atoms with E-state index in [0.29, 0.717) is 17.1 Å². The van der Waals surface area contributed by atoms with E-state index in [1.165, 1.54) is 7.11 Å². The van der Waals surface area contributed by atoms with Gasteiger partial charge in [0.2, 0.25) is 0 Å². The van der Waals surface area contributed by atoms with Gasteiger partial charge in [0, 0.05) is 12.0 Å². The summed E-state index contributed by atoms with van der Waals surface area (Å²) in [6, 6.07) is 5.17. The molecule has 1 aliphatic rings. The van der Waals surface area contributed by atoms with E-state index < -0.39 is 0 Å². The van der Waals surface area contributed by atoms with Crippen LogP contribution in [-0.2, 0) is 0 Å². The first kappa shape index (κ1) is 13.1. The van der Waals surface area contributed by atoms with E-state index in [4.69, 9.17) is 9.47 Å². The summed E-state index contributed by atoms with van der Waals surface area (Å²) in [7, 11) is 3.12. The van der Waals surface area contributed by atoms with Gasteiger partial charge in [0.1, 0.15) is 11.5 Å². The van der Waals surface area contributed by atoms with Gasteiger partial charge in [-0.15, -0.1) is 0 Å². The molecule has 1 aliphatic carbocycles. The van der Waals surface area contributed by atoms with Crippen molar-refractivity contribution in [1.29, 1.82) is 0 Å². The highest BCUT2D eigenvalue weighted by atomic mass is 16.5. The number of ketones is 1. The van der Waals surface area contributed by atoms with Gasteiger partial charge in [-0.05, 0) is 18.2 Å². The Kier molecular flexibility index (Phi) is 4.18. The number of hydrogen-bond acceptors (Lipinski definition) is 3. The van der Waals surface area contributed by atoms with E-state index in [9.17, 15) is 4.79 Å². The van der Waals surface area contributed by atoms with Gasteiger partial charge in [-0.3, -0.25) is 4.79 Å². The Morgan fingerprint density at radius 3 is 2.53 bits per heavy atom. The summed E-state index contributed by atoms with van der Waals surface area (Å²) in [6.07, 6.45) is 11.4. The van der Waals surface area contributed by atoms with E-state index in [-0.39, 0.29) is 11.7 Å². The predicted molar refractivity (Wildman–Crippen MR) is 74.8 cm³/mol. The van der Waals surface area contributed by atoms with Gasteiger partial charge >= 0.3 is 0 Å². The van der Waals surface area contributed by atoms with Crippen LogP contribution in [0.5, 0.6) is 11.5 Å². The SMILES string of the molecule is COc1ccc(C(=O)/C=C/C2C=CC=C2)c(OC)c1. The van der Waals surface area contributed by atoms with Crippen LogP contribution in [0.25, 0.3) is 0 Å². The summed E-state index contributed by atoms with van der Waals surface area (Å²) in [5.41, 5.74) is 0.533. The zero-order valence-corrected chi connectivity index (χ0v) is 11.0. The van der Waals surface area contributed by atoms with Crippen LogP contribution in [0.15, 0.2) is 54.7 Å². The zero-order chi connectivity index (χ0) is 13.7. The Bertz CT molecular complexity index is 541. The molecule has 0 aliphatic heterocycles. The van der Waals surface area contributed by atoms with Crippen LogP contribution in [0.3, 0.4) is 0 Å². The Hall–Kier alpha value is -2.29. The van der Waals surface area contributed by atoms with Gasteiger partial charge in [-0.2, -0.15) is 0 Å². The second-order valence-corrected chi connectivity index (χ2v) is 4.14. The van der Waals surface area contributed by atoms with Gasteiger partial charge in [0.05, 0.1) is 19.8 Å². The van der Waals surface area contributed by atoms with E-state index in [0.717, 1.165) is 0 Å². The molecule has 3 nitrogen and oxygen atoms in total. The number of methoxy groups -OCH3 is 2. The Morgan fingerprint density at radius 1 is 1.16 bits per heavy atom. The summed E-state index contributed by atoms with van der Waals surface area (Å²) < 4.78 is 10.3. The van der Waals surface area contributed by atoms with Crippen LogP contribution in [0.1, 0.15) is 10.4 Å². The fourth-order valence-electron chi connectivity index (χ4n) is 1.87. The molecule has 0 bridgehead atoms. The highest BCUT2D eigenvalue weighted by Gasteiger charge is 2.11. The first-order valence-corrected chi connectivity index (χ1v) is 6.04. The van der Waals surface area contributed by atoms with Gasteiger partial charge in [-0.25, -0.2) is 0 Å². The van der Waals surface area contributed by atoms with Crippen LogP contribution in [0, 0.1) is 5.92 Å². The molecule has 1 aromatic rings. The maximum Gasteiger partial charge on any atom is 0.189 e. The van der Waals surface area contributed by atoms with Gasteiger partial charge in [0.25, 0.3) is 0 Å². The lowest BCUT2D eigenvalue weighted by Gasteiger charge is -2.08. The van der Waals surface area contributed by atoms with Crippen molar-refractivity contribution >= 4 is 5.78 Å². The van der Waals surface area contributed by atoms with Crippen molar-refractivity contribution in [2.24, 2.45) is 5.92 Å². The third-order valence-electron chi connectivity index (χ3n) is 2.92. The Balaban J connectivity index is 2.18. The maximum atomic E-state index is 12.1. The standard InChI is InChI=1S/C16H16O3/c1-18-13-8-9-14(16(11-13)19-2)15(17)10-7-12-5-3-4-6-12/h3-12H,1-2H3/b10-7+. The Labute approximate surface area is 112 Å². The lowest BCUT2D eigenvalue weighted by atomic mass is 10.1. The van der Waals surface area contributed by atoms with Crippen LogP contribution in [-0.4, -0.2) is 20.0 Å². The normalized spacial score (nSPS) is 14.2. The van der Waals surface area contributed by atoms with Crippen molar-refractivity contribution < 1.29 is 14.3 Å². The molecule has 0 saturated carbocycles. The first-order valence-electron chi connectivity index (χ1n) is 6.04. The highest BCUT2D eigenvalue weighted by Crippen LogP contribution is 2.25. The summed E-state index contributed by atoms with van der Waals surface area (Å²) in [5.74, 6) is 1.31. The number of ether oxygens (including phenoxy) is 2. The fourth-order valence-corrected chi connectivity index (χ4v) is 1.87. The van der Waals surface area contributed by atoms with E-state index in [1.54, 1.807) is 31.4 Å². The van der Waals surface area contributed by atoms with Crippen LogP contribution in [0.2, 0.25) is 0 Å². The topological polar surface area (TPSA) is 35.5 Å². The molecule has 0 aromatic heterocycles. The fraction of sp³-hybridized carbons (Fsp3) is 0.188. The van der Waals surface area contributed by atoms with Crippen molar-refractivity contribution in [1.82, 2.24) is 0 Å². The van der Waals surface area contributed by atoms with Crippen molar-refractivity contribution in [3.8, 4) is 11.5 Å². The molecular formula is C16H16O3. The number of carbonyl (C=O) groups is 1. The second kappa shape index (κ2) is 6.05. The minimum absolute atomic E-state index is 0.0757. The number of benzene rings is 1. The van der Waals surface area contributed by atoms with Gasteiger partial charge in [-0.1, -0.05) is 30.4 Å². The highest BCUT2D eigenvalue weighted by molar-refractivity contribution is 6.06. The van der Waals surface area contributed by atoms with Crippen molar-refractivity contribution in [3.63, 3.8) is 0 Å². The summed E-state index contributed by atoms with van der Waals surface area (Å²) >= 11 is 0. The maximum absolute atomic E-state index is 12.1. The molecule has 1 aromatic carbocycles. The molecule has 0 fully saturated rings. The smallest absolute Gasteiger partial charge is 0.189 e. The third kappa shape index (κ3) is 3.13. The first-order chi connectivity index (χ1) is 9.24. The molecule has 0 saturated heterocycles. The van der Waals surface area contributed by atoms with Crippen LogP contribution in [0.4, 0.5) is 0 Å². The predicted octanol–water partition coefficient (Wildman–Crippen LogP) is 3.18. The molecule has 0 atom stereocenters. The monoisotopic (exact) mass is 256 g/mol. The average molecular weight is 256 g/mol. The average Bonchev–Trinajstić information content (AvgIpc) is 2.97. The third-order valence-corrected chi connectivity index (χ3v) is 2.92. The van der Waals surface area contributed by atoms with Crippen molar-refractivity contribution in [2.45, 2.75) is 0 Å². The quantitative estimate of drug-likeness (QED) is 0.599. The van der Waals surface area contributed by atoms with Crippen LogP contribution >= 0.6 is 0 Å². The molecule has 0 spiro atoms.